The van der Waals surface area contributed by atoms with Crippen molar-refractivity contribution in [2.45, 2.75) is 25.9 Å². The highest BCUT2D eigenvalue weighted by Gasteiger charge is 2.42. The Morgan fingerprint density at radius 2 is 2.00 bits per heavy atom. The van der Waals surface area contributed by atoms with Gasteiger partial charge in [0.2, 0.25) is 0 Å². The van der Waals surface area contributed by atoms with E-state index in [0.717, 1.165) is 0 Å². The zero-order valence-electron chi connectivity index (χ0n) is 10.7. The van der Waals surface area contributed by atoms with E-state index in [4.69, 9.17) is 0 Å². The maximum absolute atomic E-state index is 12.8. The summed E-state index contributed by atoms with van der Waals surface area (Å²) < 4.78 is 38.4. The summed E-state index contributed by atoms with van der Waals surface area (Å²) in [5, 5.41) is 0. The Balaban J connectivity index is 2.25. The highest BCUT2D eigenvalue weighted by Crippen LogP contribution is 2.35. The predicted molar refractivity (Wildman–Crippen MR) is 67.4 cm³/mol. The zero-order chi connectivity index (χ0) is 14.0. The summed E-state index contributed by atoms with van der Waals surface area (Å²) in [6.45, 7) is 1.94. The normalized spacial score (nSPS) is 20.4. The Morgan fingerprint density at radius 1 is 1.32 bits per heavy atom. The van der Waals surface area contributed by atoms with E-state index in [1.54, 1.807) is 29.2 Å². The molecule has 1 heterocycles. The lowest BCUT2D eigenvalue weighted by Crippen LogP contribution is -2.42. The van der Waals surface area contributed by atoms with Crippen LogP contribution in [0.2, 0.25) is 0 Å². The van der Waals surface area contributed by atoms with E-state index in [-0.39, 0.29) is 18.7 Å². The van der Waals surface area contributed by atoms with Crippen LogP contribution in [0, 0.1) is 5.92 Å². The first-order chi connectivity index (χ1) is 8.89. The smallest absolute Gasteiger partial charge is 0.370 e. The highest BCUT2D eigenvalue weighted by atomic mass is 19.4. The molecule has 1 fully saturated rings. The van der Waals surface area contributed by atoms with Gasteiger partial charge in [-0.1, -0.05) is 12.1 Å². The van der Waals surface area contributed by atoms with Gasteiger partial charge in [0.1, 0.15) is 0 Å². The summed E-state index contributed by atoms with van der Waals surface area (Å²) in [6, 6.07) is 6.86. The lowest BCUT2D eigenvalue weighted by molar-refractivity contribution is -0.175. The number of nitrogens with zero attached hydrogens (tertiary/aromatic N) is 1. The summed E-state index contributed by atoms with van der Waals surface area (Å²) in [5.74, 6) is -1.43. The molecule has 2 nitrogen and oxygen atoms in total. The third kappa shape index (κ3) is 3.08. The molecule has 1 aliphatic heterocycles. The van der Waals surface area contributed by atoms with Gasteiger partial charge < -0.3 is 4.90 Å². The van der Waals surface area contributed by atoms with Crippen LogP contribution in [-0.4, -0.2) is 25.0 Å². The number of Topliss-reactive ketones (excluding diaryl/α,β-unsaturated/α-hetero) is 1. The Labute approximate surface area is 110 Å². The highest BCUT2D eigenvalue weighted by molar-refractivity contribution is 5.99. The van der Waals surface area contributed by atoms with Crippen LogP contribution < -0.4 is 4.90 Å². The van der Waals surface area contributed by atoms with Crippen LogP contribution in [0.1, 0.15) is 30.1 Å². The lowest BCUT2D eigenvalue weighted by atomic mass is 9.96. The summed E-state index contributed by atoms with van der Waals surface area (Å²) in [4.78, 5) is 13.2. The van der Waals surface area contributed by atoms with Crippen molar-refractivity contribution < 1.29 is 18.0 Å². The zero-order valence-corrected chi connectivity index (χ0v) is 10.7. The number of ketones is 1. The number of carbonyl (C=O) groups is 1. The minimum atomic E-state index is -4.16. The molecule has 19 heavy (non-hydrogen) atoms. The second-order valence-electron chi connectivity index (χ2n) is 4.90. The Kier molecular flexibility index (Phi) is 3.83. The largest absolute Gasteiger partial charge is 0.393 e. The maximum Gasteiger partial charge on any atom is 0.393 e. The van der Waals surface area contributed by atoms with Gasteiger partial charge in [0.05, 0.1) is 5.92 Å². The van der Waals surface area contributed by atoms with Gasteiger partial charge in [0.15, 0.2) is 5.78 Å². The monoisotopic (exact) mass is 271 g/mol. The van der Waals surface area contributed by atoms with Crippen molar-refractivity contribution in [2.75, 3.05) is 18.0 Å². The molecule has 0 amide bonds. The van der Waals surface area contributed by atoms with Crippen molar-refractivity contribution in [2.24, 2.45) is 5.92 Å². The van der Waals surface area contributed by atoms with Crippen molar-refractivity contribution in [3.63, 3.8) is 0 Å². The number of alkyl halides is 3. The molecule has 0 aromatic heterocycles. The van der Waals surface area contributed by atoms with Crippen LogP contribution in [0.4, 0.5) is 18.9 Å². The number of anilines is 1. The third-order valence-electron chi connectivity index (χ3n) is 3.51. The van der Waals surface area contributed by atoms with Crippen molar-refractivity contribution in [1.82, 2.24) is 0 Å². The molecule has 1 atom stereocenters. The average Bonchev–Trinajstić information content (AvgIpc) is 2.38. The van der Waals surface area contributed by atoms with Crippen molar-refractivity contribution in [1.29, 1.82) is 0 Å². The van der Waals surface area contributed by atoms with E-state index >= 15 is 0 Å². The number of piperidine rings is 1. The number of rotatable bonds is 2. The number of carbonyl (C=O) groups excluding carboxylic acids is 1. The molecule has 0 radical (unpaired) electrons. The van der Waals surface area contributed by atoms with Gasteiger partial charge in [0, 0.05) is 24.3 Å². The first-order valence-electron chi connectivity index (χ1n) is 6.31. The van der Waals surface area contributed by atoms with Gasteiger partial charge in [-0.2, -0.15) is 13.2 Å². The van der Waals surface area contributed by atoms with Crippen LogP contribution in [0.3, 0.4) is 0 Å². The van der Waals surface area contributed by atoms with E-state index in [2.05, 4.69) is 0 Å². The Morgan fingerprint density at radius 3 is 2.63 bits per heavy atom. The van der Waals surface area contributed by atoms with E-state index in [0.29, 0.717) is 24.2 Å². The van der Waals surface area contributed by atoms with E-state index in [9.17, 15) is 18.0 Å². The molecule has 0 spiro atoms. The molecule has 1 aromatic rings. The molecule has 0 N–H and O–H groups in total. The van der Waals surface area contributed by atoms with E-state index in [1.807, 2.05) is 0 Å². The van der Waals surface area contributed by atoms with Crippen molar-refractivity contribution in [3.05, 3.63) is 29.8 Å². The van der Waals surface area contributed by atoms with Gasteiger partial charge in [-0.05, 0) is 31.9 Å². The number of benzene rings is 1. The fraction of sp³-hybridized carbons (Fsp3) is 0.500. The van der Waals surface area contributed by atoms with Gasteiger partial charge in [-0.15, -0.1) is 0 Å². The lowest BCUT2D eigenvalue weighted by Gasteiger charge is -2.36. The maximum atomic E-state index is 12.8. The number of para-hydroxylation sites is 1. The second-order valence-corrected chi connectivity index (χ2v) is 4.90. The topological polar surface area (TPSA) is 20.3 Å². The minimum Gasteiger partial charge on any atom is -0.370 e. The molecule has 1 aromatic carbocycles. The molecule has 0 aliphatic carbocycles. The molecule has 0 bridgehead atoms. The molecule has 1 aliphatic rings. The number of hydrogen-bond acceptors (Lipinski definition) is 2. The van der Waals surface area contributed by atoms with E-state index < -0.39 is 12.1 Å². The first-order valence-corrected chi connectivity index (χ1v) is 6.31. The molecular weight excluding hydrogens is 255 g/mol. The van der Waals surface area contributed by atoms with Crippen molar-refractivity contribution >= 4 is 11.5 Å². The third-order valence-corrected chi connectivity index (χ3v) is 3.51. The fourth-order valence-electron chi connectivity index (χ4n) is 2.51. The fourth-order valence-corrected chi connectivity index (χ4v) is 2.51. The molecule has 1 unspecified atom stereocenters. The summed E-state index contributed by atoms with van der Waals surface area (Å²) >= 11 is 0. The molecular formula is C14H16F3NO. The molecule has 104 valence electrons. The second kappa shape index (κ2) is 5.23. The van der Waals surface area contributed by atoms with E-state index in [1.165, 1.54) is 6.92 Å². The van der Waals surface area contributed by atoms with Crippen LogP contribution in [0.5, 0.6) is 0 Å². The van der Waals surface area contributed by atoms with Gasteiger partial charge in [-0.25, -0.2) is 0 Å². The van der Waals surface area contributed by atoms with Crippen LogP contribution >= 0.6 is 0 Å². The number of hydrogen-bond donors (Lipinski definition) is 0. The van der Waals surface area contributed by atoms with Crippen LogP contribution in [0.15, 0.2) is 24.3 Å². The molecule has 5 heteroatoms. The standard InChI is InChI=1S/C14H16F3NO/c1-10(19)12-6-2-3-7-13(12)18-8-4-5-11(9-18)14(15,16)17/h2-3,6-7,11H,4-5,8-9H2,1H3. The average molecular weight is 271 g/mol. The minimum absolute atomic E-state index is 0.0617. The predicted octanol–water partition coefficient (Wildman–Crippen LogP) is 3.67. The van der Waals surface area contributed by atoms with Crippen LogP contribution in [0.25, 0.3) is 0 Å². The molecule has 2 rings (SSSR count). The van der Waals surface area contributed by atoms with Gasteiger partial charge in [-0.3, -0.25) is 4.79 Å². The Hall–Kier alpha value is -1.52. The summed E-state index contributed by atoms with van der Waals surface area (Å²) in [6.07, 6.45) is -3.50. The number of halogens is 3. The van der Waals surface area contributed by atoms with Crippen molar-refractivity contribution in [3.8, 4) is 0 Å². The molecule has 0 saturated carbocycles. The first kappa shape index (κ1) is 13.9. The summed E-state index contributed by atoms with van der Waals surface area (Å²) in [7, 11) is 0. The van der Waals surface area contributed by atoms with Gasteiger partial charge in [0.25, 0.3) is 0 Å². The van der Waals surface area contributed by atoms with Gasteiger partial charge >= 0.3 is 6.18 Å². The molecule has 1 saturated heterocycles. The SMILES string of the molecule is CC(=O)c1ccccc1N1CCCC(C(F)(F)F)C1. The summed E-state index contributed by atoms with van der Waals surface area (Å²) in [5.41, 5.74) is 1.11. The Bertz CT molecular complexity index is 470. The quantitative estimate of drug-likeness (QED) is 0.765. The van der Waals surface area contributed by atoms with Crippen LogP contribution in [-0.2, 0) is 0 Å².